The van der Waals surface area contributed by atoms with Crippen LogP contribution in [0.3, 0.4) is 0 Å². The number of carbonyl (C=O) groups excluding carboxylic acids is 2. The van der Waals surface area contributed by atoms with Gasteiger partial charge in [-0.1, -0.05) is 0 Å². The lowest BCUT2D eigenvalue weighted by molar-refractivity contribution is -0.146. The van der Waals surface area contributed by atoms with Crippen molar-refractivity contribution in [3.63, 3.8) is 0 Å². The summed E-state index contributed by atoms with van der Waals surface area (Å²) in [6.45, 7) is 2.06. The second-order valence-corrected chi connectivity index (χ2v) is 5.58. The Labute approximate surface area is 136 Å². The molecule has 3 rings (SSSR count). The Hall–Kier alpha value is -1.66. The smallest absolute Gasteiger partial charge is 0.248 e. The van der Waals surface area contributed by atoms with Crippen LogP contribution in [0.25, 0.3) is 0 Å². The van der Waals surface area contributed by atoms with E-state index in [0.29, 0.717) is 30.9 Å². The van der Waals surface area contributed by atoms with Gasteiger partial charge in [0.15, 0.2) is 0 Å². The highest BCUT2D eigenvalue weighted by Gasteiger charge is 2.26. The van der Waals surface area contributed by atoms with E-state index in [9.17, 15) is 9.59 Å². The average Bonchev–Trinajstić information content (AvgIpc) is 2.53. The van der Waals surface area contributed by atoms with E-state index in [-0.39, 0.29) is 24.2 Å². The third kappa shape index (κ3) is 3.75. The van der Waals surface area contributed by atoms with Crippen LogP contribution in [0.1, 0.15) is 43.7 Å². The van der Waals surface area contributed by atoms with Crippen LogP contribution in [0.15, 0.2) is 18.3 Å². The molecule has 6 nitrogen and oxygen atoms in total. The highest BCUT2D eigenvalue weighted by Crippen LogP contribution is 2.24. The summed E-state index contributed by atoms with van der Waals surface area (Å²) in [5, 5.41) is 4.45. The quantitative estimate of drug-likeness (QED) is 0.830. The molecule has 120 valence electrons. The van der Waals surface area contributed by atoms with Gasteiger partial charge in [-0.05, 0) is 44.5 Å². The van der Waals surface area contributed by atoms with Crippen LogP contribution in [0.4, 0.5) is 5.69 Å². The van der Waals surface area contributed by atoms with Gasteiger partial charge in [0.25, 0.3) is 0 Å². The van der Waals surface area contributed by atoms with Crippen LogP contribution in [-0.2, 0) is 9.59 Å². The summed E-state index contributed by atoms with van der Waals surface area (Å²) in [6, 6.07) is 3.87. The van der Waals surface area contributed by atoms with Crippen LogP contribution in [0.5, 0.6) is 0 Å². The SMILES string of the molecule is Cl.O=C1CCCC(=O)N1Nc1ccc(C2CCNCC2)nc1. The fourth-order valence-electron chi connectivity index (χ4n) is 2.84. The zero-order valence-electron chi connectivity index (χ0n) is 12.4. The summed E-state index contributed by atoms with van der Waals surface area (Å²) in [5.74, 6) is 0.154. The second-order valence-electron chi connectivity index (χ2n) is 5.58. The van der Waals surface area contributed by atoms with Gasteiger partial charge < -0.3 is 5.32 Å². The van der Waals surface area contributed by atoms with Crippen molar-refractivity contribution >= 4 is 29.9 Å². The number of hydrogen-bond donors (Lipinski definition) is 2. The van der Waals surface area contributed by atoms with E-state index >= 15 is 0 Å². The molecule has 2 aliphatic rings. The highest BCUT2D eigenvalue weighted by atomic mass is 35.5. The molecule has 2 fully saturated rings. The Morgan fingerprint density at radius 3 is 2.41 bits per heavy atom. The molecule has 2 aliphatic heterocycles. The van der Waals surface area contributed by atoms with Gasteiger partial charge in [-0.25, -0.2) is 0 Å². The molecular formula is C15H21ClN4O2. The summed E-state index contributed by atoms with van der Waals surface area (Å²) >= 11 is 0. The molecule has 0 unspecified atom stereocenters. The average molecular weight is 325 g/mol. The number of aromatic nitrogens is 1. The van der Waals surface area contributed by atoms with Crippen molar-refractivity contribution in [2.75, 3.05) is 18.5 Å². The lowest BCUT2D eigenvalue weighted by Crippen LogP contribution is -2.44. The Balaban J connectivity index is 0.00000176. The van der Waals surface area contributed by atoms with Crippen LogP contribution >= 0.6 is 12.4 Å². The molecule has 0 aromatic carbocycles. The molecule has 0 atom stereocenters. The van der Waals surface area contributed by atoms with Crippen molar-refractivity contribution in [1.29, 1.82) is 0 Å². The number of nitrogens with zero attached hydrogens (tertiary/aromatic N) is 2. The normalized spacial score (nSPS) is 19.7. The largest absolute Gasteiger partial charge is 0.317 e. The summed E-state index contributed by atoms with van der Waals surface area (Å²) in [7, 11) is 0. The third-order valence-corrected chi connectivity index (χ3v) is 4.06. The lowest BCUT2D eigenvalue weighted by Gasteiger charge is -2.26. The minimum atomic E-state index is -0.173. The van der Waals surface area contributed by atoms with E-state index < -0.39 is 0 Å². The number of carbonyl (C=O) groups is 2. The fraction of sp³-hybridized carbons (Fsp3) is 0.533. The first-order valence-corrected chi connectivity index (χ1v) is 7.53. The molecule has 1 aromatic heterocycles. The molecule has 0 radical (unpaired) electrons. The number of hydrazine groups is 1. The third-order valence-electron chi connectivity index (χ3n) is 4.06. The maximum Gasteiger partial charge on any atom is 0.248 e. The molecule has 1 aromatic rings. The van der Waals surface area contributed by atoms with Crippen molar-refractivity contribution in [2.45, 2.75) is 38.0 Å². The highest BCUT2D eigenvalue weighted by molar-refractivity contribution is 5.98. The van der Waals surface area contributed by atoms with Gasteiger partial charge in [0.2, 0.25) is 11.8 Å². The van der Waals surface area contributed by atoms with Crippen LogP contribution in [0, 0.1) is 0 Å². The van der Waals surface area contributed by atoms with Gasteiger partial charge in [0.1, 0.15) is 0 Å². The van der Waals surface area contributed by atoms with E-state index in [1.165, 1.54) is 0 Å². The fourth-order valence-corrected chi connectivity index (χ4v) is 2.84. The standard InChI is InChI=1S/C15H20N4O2.ClH/c20-14-2-1-3-15(21)19(14)18-12-4-5-13(17-10-12)11-6-8-16-9-7-11;/h4-5,10-11,16,18H,1-3,6-9H2;1H. The minimum Gasteiger partial charge on any atom is -0.317 e. The molecule has 0 bridgehead atoms. The van der Waals surface area contributed by atoms with Gasteiger partial charge >= 0.3 is 0 Å². The van der Waals surface area contributed by atoms with E-state index in [1.807, 2.05) is 12.1 Å². The van der Waals surface area contributed by atoms with Crippen LogP contribution in [-0.4, -0.2) is 34.9 Å². The maximum absolute atomic E-state index is 11.7. The summed E-state index contributed by atoms with van der Waals surface area (Å²) < 4.78 is 0. The predicted octanol–water partition coefficient (Wildman–Crippen LogP) is 1.84. The number of nitrogens with one attached hydrogen (secondary N) is 2. The van der Waals surface area contributed by atoms with Crippen molar-refractivity contribution in [2.24, 2.45) is 0 Å². The minimum absolute atomic E-state index is 0. The zero-order chi connectivity index (χ0) is 14.7. The first-order valence-electron chi connectivity index (χ1n) is 7.53. The van der Waals surface area contributed by atoms with Crippen molar-refractivity contribution in [3.05, 3.63) is 24.0 Å². The molecule has 0 saturated carbocycles. The number of halogens is 1. The van der Waals surface area contributed by atoms with E-state index in [1.54, 1.807) is 6.20 Å². The Bertz CT molecular complexity index is 513. The predicted molar refractivity (Wildman–Crippen MR) is 85.7 cm³/mol. The van der Waals surface area contributed by atoms with Crippen LogP contribution in [0.2, 0.25) is 0 Å². The second kappa shape index (κ2) is 7.56. The Morgan fingerprint density at radius 1 is 1.14 bits per heavy atom. The molecular weight excluding hydrogens is 304 g/mol. The number of rotatable bonds is 3. The van der Waals surface area contributed by atoms with Gasteiger partial charge in [0, 0.05) is 24.5 Å². The van der Waals surface area contributed by atoms with Gasteiger partial charge in [-0.15, -0.1) is 12.4 Å². The number of amides is 2. The summed E-state index contributed by atoms with van der Waals surface area (Å²) in [5.41, 5.74) is 4.63. The number of imide groups is 1. The molecule has 0 spiro atoms. The first kappa shape index (κ1) is 16.7. The van der Waals surface area contributed by atoms with Gasteiger partial charge in [-0.2, -0.15) is 5.01 Å². The van der Waals surface area contributed by atoms with Crippen molar-refractivity contribution < 1.29 is 9.59 Å². The molecule has 0 aliphatic carbocycles. The monoisotopic (exact) mass is 324 g/mol. The van der Waals surface area contributed by atoms with Crippen molar-refractivity contribution in [3.8, 4) is 0 Å². The van der Waals surface area contributed by atoms with Gasteiger partial charge in [0.05, 0.1) is 11.9 Å². The summed E-state index contributed by atoms with van der Waals surface area (Å²) in [6.07, 6.45) is 5.37. The topological polar surface area (TPSA) is 74.3 Å². The van der Waals surface area contributed by atoms with E-state index in [0.717, 1.165) is 36.6 Å². The first-order chi connectivity index (χ1) is 10.2. The number of pyridine rings is 1. The maximum atomic E-state index is 11.7. The Kier molecular flexibility index (Phi) is 5.74. The molecule has 2 saturated heterocycles. The number of hydrogen-bond acceptors (Lipinski definition) is 5. The van der Waals surface area contributed by atoms with E-state index in [2.05, 4.69) is 15.7 Å². The molecule has 3 heterocycles. The van der Waals surface area contributed by atoms with Crippen molar-refractivity contribution in [1.82, 2.24) is 15.3 Å². The zero-order valence-corrected chi connectivity index (χ0v) is 13.2. The summed E-state index contributed by atoms with van der Waals surface area (Å²) in [4.78, 5) is 28.0. The molecule has 22 heavy (non-hydrogen) atoms. The number of anilines is 1. The molecule has 2 N–H and O–H groups in total. The van der Waals surface area contributed by atoms with Gasteiger partial charge in [-0.3, -0.25) is 20.0 Å². The van der Waals surface area contributed by atoms with E-state index in [4.69, 9.17) is 0 Å². The van der Waals surface area contributed by atoms with Crippen LogP contribution < -0.4 is 10.7 Å². The molecule has 7 heteroatoms. The lowest BCUT2D eigenvalue weighted by atomic mass is 9.94. The molecule has 2 amide bonds. The number of piperidine rings is 2. The Morgan fingerprint density at radius 2 is 1.82 bits per heavy atom.